The van der Waals surface area contributed by atoms with Crippen LogP contribution in [0.25, 0.3) is 0 Å². The van der Waals surface area contributed by atoms with Gasteiger partial charge in [-0.3, -0.25) is 4.99 Å². The summed E-state index contributed by atoms with van der Waals surface area (Å²) in [7, 11) is 0. The molecule has 1 aliphatic rings. The van der Waals surface area contributed by atoms with Crippen molar-refractivity contribution in [1.29, 1.82) is 0 Å². The fourth-order valence-electron chi connectivity index (χ4n) is 0.678. The molecular formula is C6H10N2. The smallest absolute Gasteiger partial charge is 0.123 e. The summed E-state index contributed by atoms with van der Waals surface area (Å²) in [5.41, 5.74) is 0. The number of hydrogen-bond donors (Lipinski definition) is 0. The Labute approximate surface area is 49.3 Å². The van der Waals surface area contributed by atoms with Gasteiger partial charge in [-0.05, 0) is 6.92 Å². The second-order valence-electron chi connectivity index (χ2n) is 1.92. The lowest BCUT2D eigenvalue weighted by molar-refractivity contribution is 1.01. The lowest BCUT2D eigenvalue weighted by Crippen LogP contribution is -1.92. The standard InChI is InChI=1S/C6H10N2/c1-3-6-7-4-5(2)8-6/h4-5H,3H2,1-2H3. The highest BCUT2D eigenvalue weighted by molar-refractivity contribution is 5.95. The van der Waals surface area contributed by atoms with Crippen LogP contribution in [0.3, 0.4) is 0 Å². The van der Waals surface area contributed by atoms with Gasteiger partial charge in [-0.2, -0.15) is 0 Å². The predicted molar refractivity (Wildman–Crippen MR) is 35.7 cm³/mol. The van der Waals surface area contributed by atoms with E-state index in [0.29, 0.717) is 6.04 Å². The van der Waals surface area contributed by atoms with Gasteiger partial charge in [0.1, 0.15) is 5.84 Å². The van der Waals surface area contributed by atoms with E-state index >= 15 is 0 Å². The molecule has 1 unspecified atom stereocenters. The molecule has 8 heavy (non-hydrogen) atoms. The minimum absolute atomic E-state index is 0.324. The van der Waals surface area contributed by atoms with E-state index in [-0.39, 0.29) is 0 Å². The van der Waals surface area contributed by atoms with Crippen molar-refractivity contribution in [3.05, 3.63) is 0 Å². The molecule has 0 aromatic rings. The quantitative estimate of drug-likeness (QED) is 0.485. The van der Waals surface area contributed by atoms with E-state index in [9.17, 15) is 0 Å². The third kappa shape index (κ3) is 0.941. The van der Waals surface area contributed by atoms with Crippen LogP contribution in [-0.4, -0.2) is 18.1 Å². The monoisotopic (exact) mass is 110 g/mol. The van der Waals surface area contributed by atoms with Gasteiger partial charge in [0, 0.05) is 12.6 Å². The van der Waals surface area contributed by atoms with E-state index in [4.69, 9.17) is 0 Å². The number of amidine groups is 1. The van der Waals surface area contributed by atoms with Crippen LogP contribution in [0, 0.1) is 0 Å². The van der Waals surface area contributed by atoms with E-state index in [1.807, 2.05) is 13.1 Å². The van der Waals surface area contributed by atoms with Crippen molar-refractivity contribution in [3.8, 4) is 0 Å². The minimum atomic E-state index is 0.324. The maximum absolute atomic E-state index is 4.20. The molecular weight excluding hydrogens is 100 g/mol. The van der Waals surface area contributed by atoms with E-state index in [1.165, 1.54) is 0 Å². The van der Waals surface area contributed by atoms with Gasteiger partial charge in [0.05, 0.1) is 6.04 Å². The summed E-state index contributed by atoms with van der Waals surface area (Å²) in [6.07, 6.45) is 2.83. The number of aliphatic imine (C=N–C) groups is 2. The maximum atomic E-state index is 4.20. The Morgan fingerprint density at radius 3 is 2.75 bits per heavy atom. The van der Waals surface area contributed by atoms with Gasteiger partial charge >= 0.3 is 0 Å². The molecule has 0 amide bonds. The van der Waals surface area contributed by atoms with Crippen molar-refractivity contribution in [2.45, 2.75) is 26.3 Å². The van der Waals surface area contributed by atoms with Gasteiger partial charge in [-0.25, -0.2) is 4.99 Å². The first kappa shape index (κ1) is 5.48. The molecule has 0 radical (unpaired) electrons. The molecule has 0 saturated heterocycles. The van der Waals surface area contributed by atoms with Gasteiger partial charge in [0.15, 0.2) is 0 Å². The van der Waals surface area contributed by atoms with E-state index in [2.05, 4.69) is 16.9 Å². The highest BCUT2D eigenvalue weighted by Gasteiger charge is 2.02. The molecule has 0 spiro atoms. The third-order valence-electron chi connectivity index (χ3n) is 1.11. The first-order chi connectivity index (χ1) is 3.83. The van der Waals surface area contributed by atoms with Crippen LogP contribution < -0.4 is 0 Å². The summed E-state index contributed by atoms with van der Waals surface area (Å²) < 4.78 is 0. The lowest BCUT2D eigenvalue weighted by Gasteiger charge is -1.87. The largest absolute Gasteiger partial charge is 0.262 e. The number of hydrogen-bond acceptors (Lipinski definition) is 2. The topological polar surface area (TPSA) is 24.7 Å². The van der Waals surface area contributed by atoms with Crippen molar-refractivity contribution >= 4 is 12.1 Å². The highest BCUT2D eigenvalue weighted by atomic mass is 15.0. The fourth-order valence-corrected chi connectivity index (χ4v) is 0.678. The van der Waals surface area contributed by atoms with Crippen LogP contribution in [-0.2, 0) is 0 Å². The van der Waals surface area contributed by atoms with E-state index < -0.39 is 0 Å². The average molecular weight is 110 g/mol. The zero-order chi connectivity index (χ0) is 5.98. The molecule has 1 atom stereocenters. The van der Waals surface area contributed by atoms with E-state index in [0.717, 1.165) is 12.3 Å². The van der Waals surface area contributed by atoms with Gasteiger partial charge < -0.3 is 0 Å². The summed E-state index contributed by atoms with van der Waals surface area (Å²) >= 11 is 0. The summed E-state index contributed by atoms with van der Waals surface area (Å²) in [6.45, 7) is 4.10. The Hall–Kier alpha value is -0.660. The summed E-state index contributed by atoms with van der Waals surface area (Å²) in [5.74, 6) is 0.984. The Kier molecular flexibility index (Phi) is 1.42. The number of rotatable bonds is 1. The summed E-state index contributed by atoms with van der Waals surface area (Å²) in [4.78, 5) is 8.26. The molecule has 0 aromatic heterocycles. The van der Waals surface area contributed by atoms with Crippen molar-refractivity contribution in [2.24, 2.45) is 9.98 Å². The predicted octanol–water partition coefficient (Wildman–Crippen LogP) is 1.27. The first-order valence-corrected chi connectivity index (χ1v) is 2.93. The van der Waals surface area contributed by atoms with Crippen molar-refractivity contribution < 1.29 is 0 Å². The molecule has 44 valence electrons. The summed E-state index contributed by atoms with van der Waals surface area (Å²) in [5, 5.41) is 0. The number of nitrogens with zero attached hydrogens (tertiary/aromatic N) is 2. The Morgan fingerprint density at radius 1 is 1.75 bits per heavy atom. The first-order valence-electron chi connectivity index (χ1n) is 2.93. The molecule has 0 aromatic carbocycles. The van der Waals surface area contributed by atoms with Gasteiger partial charge in [-0.15, -0.1) is 0 Å². The zero-order valence-electron chi connectivity index (χ0n) is 5.26. The molecule has 0 aliphatic carbocycles. The van der Waals surface area contributed by atoms with Crippen molar-refractivity contribution in [3.63, 3.8) is 0 Å². The Bertz CT molecular complexity index is 135. The van der Waals surface area contributed by atoms with Gasteiger partial charge in [0.2, 0.25) is 0 Å². The average Bonchev–Trinajstić information content (AvgIpc) is 2.14. The molecule has 1 aliphatic heterocycles. The van der Waals surface area contributed by atoms with Crippen LogP contribution in [0.15, 0.2) is 9.98 Å². The normalized spacial score (nSPS) is 26.2. The zero-order valence-corrected chi connectivity index (χ0v) is 5.26. The third-order valence-corrected chi connectivity index (χ3v) is 1.11. The van der Waals surface area contributed by atoms with Gasteiger partial charge in [-0.1, -0.05) is 6.92 Å². The molecule has 0 bridgehead atoms. The fraction of sp³-hybridized carbons (Fsp3) is 0.667. The summed E-state index contributed by atoms with van der Waals surface area (Å²) in [6, 6.07) is 0.324. The van der Waals surface area contributed by atoms with Crippen molar-refractivity contribution in [1.82, 2.24) is 0 Å². The van der Waals surface area contributed by atoms with Gasteiger partial charge in [0.25, 0.3) is 0 Å². The van der Waals surface area contributed by atoms with Crippen molar-refractivity contribution in [2.75, 3.05) is 0 Å². The SMILES string of the molecule is CCC1=NC(C)C=N1. The van der Waals surface area contributed by atoms with Crippen LogP contribution in [0.5, 0.6) is 0 Å². The second kappa shape index (κ2) is 2.07. The molecule has 2 nitrogen and oxygen atoms in total. The Balaban J connectivity index is 2.58. The molecule has 1 rings (SSSR count). The second-order valence-corrected chi connectivity index (χ2v) is 1.92. The highest BCUT2D eigenvalue weighted by Crippen LogP contribution is 1.99. The molecule has 2 heteroatoms. The van der Waals surface area contributed by atoms with Crippen LogP contribution in [0.4, 0.5) is 0 Å². The molecule has 0 saturated carbocycles. The van der Waals surface area contributed by atoms with E-state index in [1.54, 1.807) is 0 Å². The minimum Gasteiger partial charge on any atom is -0.262 e. The van der Waals surface area contributed by atoms with Crippen LogP contribution in [0.1, 0.15) is 20.3 Å². The van der Waals surface area contributed by atoms with Crippen LogP contribution >= 0.6 is 0 Å². The molecule has 0 N–H and O–H groups in total. The molecule has 0 fully saturated rings. The van der Waals surface area contributed by atoms with Crippen LogP contribution in [0.2, 0.25) is 0 Å². The molecule has 1 heterocycles. The Morgan fingerprint density at radius 2 is 2.50 bits per heavy atom. The lowest BCUT2D eigenvalue weighted by atomic mass is 10.4. The maximum Gasteiger partial charge on any atom is 0.123 e.